The number of hydrogen-bond donors (Lipinski definition) is 1. The normalized spacial score (nSPS) is 12.1. The summed E-state index contributed by atoms with van der Waals surface area (Å²) in [6.07, 6.45) is 37.5. The van der Waals surface area contributed by atoms with E-state index in [0.717, 1.165) is 57.3 Å². The summed E-state index contributed by atoms with van der Waals surface area (Å²) in [5, 5.41) is 0. The summed E-state index contributed by atoms with van der Waals surface area (Å²) in [6, 6.07) is 0.304. The van der Waals surface area contributed by atoms with Gasteiger partial charge in [-0.15, -0.1) is 0 Å². The lowest BCUT2D eigenvalue weighted by atomic mass is 9.92. The SMILES string of the molecule is CCCCCCCCCOC(=O)CCCCCCCC(N)CCCCCCCC(=O)OCCC(CCCCCC)CCCCCC. The Morgan fingerprint density at radius 2 is 0.761 bits per heavy atom. The van der Waals surface area contributed by atoms with Gasteiger partial charge in [-0.2, -0.15) is 0 Å². The van der Waals surface area contributed by atoms with Gasteiger partial charge in [-0.25, -0.2) is 0 Å². The van der Waals surface area contributed by atoms with Crippen molar-refractivity contribution in [3.63, 3.8) is 0 Å². The second-order valence-electron chi connectivity index (χ2n) is 14.3. The lowest BCUT2D eigenvalue weighted by Gasteiger charge is -2.17. The summed E-state index contributed by atoms with van der Waals surface area (Å²) in [5.74, 6) is 0.698. The number of carbonyl (C=O) groups is 2. The molecule has 2 N–H and O–H groups in total. The number of nitrogens with two attached hydrogens (primary N) is 1. The predicted octanol–water partition coefficient (Wildman–Crippen LogP) is 12.6. The van der Waals surface area contributed by atoms with Crippen molar-refractivity contribution in [3.05, 3.63) is 0 Å². The minimum Gasteiger partial charge on any atom is -0.466 e. The Labute approximate surface area is 287 Å². The molecular formula is C41H81NO4. The Kier molecular flexibility index (Phi) is 35.9. The van der Waals surface area contributed by atoms with Crippen molar-refractivity contribution < 1.29 is 19.1 Å². The summed E-state index contributed by atoms with van der Waals surface area (Å²) in [7, 11) is 0. The van der Waals surface area contributed by atoms with E-state index in [1.807, 2.05) is 0 Å². The Balaban J connectivity index is 3.59. The van der Waals surface area contributed by atoms with Gasteiger partial charge in [0.1, 0.15) is 0 Å². The second kappa shape index (κ2) is 36.7. The summed E-state index contributed by atoms with van der Waals surface area (Å²) in [4.78, 5) is 24.1. The fourth-order valence-electron chi connectivity index (χ4n) is 6.44. The lowest BCUT2D eigenvalue weighted by Crippen LogP contribution is -2.19. The third-order valence-electron chi connectivity index (χ3n) is 9.64. The molecule has 0 aromatic rings. The highest BCUT2D eigenvalue weighted by Gasteiger charge is 2.11. The van der Waals surface area contributed by atoms with Crippen LogP contribution in [0.2, 0.25) is 0 Å². The number of ether oxygens (including phenoxy) is 2. The highest BCUT2D eigenvalue weighted by Crippen LogP contribution is 2.22. The molecule has 0 radical (unpaired) electrons. The summed E-state index contributed by atoms with van der Waals surface area (Å²) < 4.78 is 11.0. The van der Waals surface area contributed by atoms with Crippen LogP contribution in [0, 0.1) is 5.92 Å². The summed E-state index contributed by atoms with van der Waals surface area (Å²) >= 11 is 0. The summed E-state index contributed by atoms with van der Waals surface area (Å²) in [5.41, 5.74) is 6.36. The zero-order valence-corrected chi connectivity index (χ0v) is 31.4. The fourth-order valence-corrected chi connectivity index (χ4v) is 6.44. The third kappa shape index (κ3) is 34.2. The first-order valence-electron chi connectivity index (χ1n) is 20.6. The van der Waals surface area contributed by atoms with E-state index in [1.165, 1.54) is 141 Å². The Morgan fingerprint density at radius 3 is 1.24 bits per heavy atom. The molecule has 46 heavy (non-hydrogen) atoms. The van der Waals surface area contributed by atoms with Gasteiger partial charge in [0.25, 0.3) is 0 Å². The van der Waals surface area contributed by atoms with Crippen LogP contribution in [-0.4, -0.2) is 31.2 Å². The van der Waals surface area contributed by atoms with E-state index in [1.54, 1.807) is 0 Å². The highest BCUT2D eigenvalue weighted by atomic mass is 16.5. The molecule has 1 atom stereocenters. The largest absolute Gasteiger partial charge is 0.466 e. The average Bonchev–Trinajstić information content (AvgIpc) is 3.05. The molecule has 0 aliphatic rings. The van der Waals surface area contributed by atoms with E-state index in [0.29, 0.717) is 32.1 Å². The molecule has 0 bridgehead atoms. The van der Waals surface area contributed by atoms with Gasteiger partial charge in [-0.1, -0.05) is 175 Å². The number of esters is 2. The molecule has 0 spiro atoms. The van der Waals surface area contributed by atoms with Crippen molar-refractivity contribution >= 4 is 11.9 Å². The van der Waals surface area contributed by atoms with Crippen molar-refractivity contribution in [1.82, 2.24) is 0 Å². The molecule has 0 aliphatic heterocycles. The number of unbranched alkanes of at least 4 members (excludes halogenated alkanes) is 20. The molecule has 5 heteroatoms. The van der Waals surface area contributed by atoms with E-state index >= 15 is 0 Å². The minimum atomic E-state index is -0.0202. The first-order valence-corrected chi connectivity index (χ1v) is 20.6. The van der Waals surface area contributed by atoms with Crippen LogP contribution >= 0.6 is 0 Å². The quantitative estimate of drug-likeness (QED) is 0.0534. The van der Waals surface area contributed by atoms with Crippen molar-refractivity contribution in [2.45, 2.75) is 232 Å². The Bertz CT molecular complexity index is 628. The van der Waals surface area contributed by atoms with Gasteiger partial charge in [-0.05, 0) is 44.4 Å². The van der Waals surface area contributed by atoms with E-state index < -0.39 is 0 Å². The molecule has 0 amide bonds. The van der Waals surface area contributed by atoms with Crippen LogP contribution in [0.4, 0.5) is 0 Å². The standard InChI is InChI=1S/C41H81NO4/c1-4-7-10-13-14-21-28-36-45-40(43)33-26-19-15-17-24-31-39(42)32-25-18-16-20-27-34-41(44)46-37-35-38(29-22-11-8-5-2)30-23-12-9-6-3/h38-39H,4-37,42H2,1-3H3. The molecule has 0 aromatic heterocycles. The van der Waals surface area contributed by atoms with Crippen LogP contribution in [0.5, 0.6) is 0 Å². The smallest absolute Gasteiger partial charge is 0.305 e. The van der Waals surface area contributed by atoms with E-state index in [4.69, 9.17) is 15.2 Å². The molecule has 0 fully saturated rings. The van der Waals surface area contributed by atoms with Crippen molar-refractivity contribution in [3.8, 4) is 0 Å². The maximum atomic E-state index is 12.2. The fraction of sp³-hybridized carbons (Fsp3) is 0.951. The summed E-state index contributed by atoms with van der Waals surface area (Å²) in [6.45, 7) is 7.98. The average molecular weight is 652 g/mol. The van der Waals surface area contributed by atoms with Crippen LogP contribution in [0.25, 0.3) is 0 Å². The monoisotopic (exact) mass is 652 g/mol. The van der Waals surface area contributed by atoms with Crippen molar-refractivity contribution in [1.29, 1.82) is 0 Å². The molecule has 274 valence electrons. The molecule has 0 saturated carbocycles. The molecule has 0 saturated heterocycles. The maximum absolute atomic E-state index is 12.2. The third-order valence-corrected chi connectivity index (χ3v) is 9.64. The van der Waals surface area contributed by atoms with Crippen LogP contribution in [0.15, 0.2) is 0 Å². The molecular weight excluding hydrogens is 570 g/mol. The topological polar surface area (TPSA) is 78.6 Å². The Morgan fingerprint density at radius 1 is 0.413 bits per heavy atom. The van der Waals surface area contributed by atoms with Crippen LogP contribution in [-0.2, 0) is 19.1 Å². The van der Waals surface area contributed by atoms with Gasteiger partial charge in [0.05, 0.1) is 13.2 Å². The molecule has 0 aromatic carbocycles. The number of rotatable bonds is 37. The van der Waals surface area contributed by atoms with E-state index in [9.17, 15) is 9.59 Å². The molecule has 0 rings (SSSR count). The van der Waals surface area contributed by atoms with Crippen LogP contribution in [0.1, 0.15) is 226 Å². The zero-order valence-electron chi connectivity index (χ0n) is 31.4. The van der Waals surface area contributed by atoms with Gasteiger partial charge >= 0.3 is 11.9 Å². The van der Waals surface area contributed by atoms with Gasteiger partial charge in [0.2, 0.25) is 0 Å². The molecule has 0 heterocycles. The molecule has 5 nitrogen and oxygen atoms in total. The first kappa shape index (κ1) is 44.9. The van der Waals surface area contributed by atoms with Gasteiger partial charge in [0, 0.05) is 18.9 Å². The predicted molar refractivity (Wildman–Crippen MR) is 198 cm³/mol. The Hall–Kier alpha value is -1.10. The second-order valence-corrected chi connectivity index (χ2v) is 14.3. The number of hydrogen-bond acceptors (Lipinski definition) is 5. The van der Waals surface area contributed by atoms with Crippen LogP contribution in [0.3, 0.4) is 0 Å². The minimum absolute atomic E-state index is 0.00327. The van der Waals surface area contributed by atoms with E-state index in [-0.39, 0.29) is 11.9 Å². The highest BCUT2D eigenvalue weighted by molar-refractivity contribution is 5.69. The molecule has 1 unspecified atom stereocenters. The van der Waals surface area contributed by atoms with Gasteiger partial charge in [-0.3, -0.25) is 9.59 Å². The van der Waals surface area contributed by atoms with E-state index in [2.05, 4.69) is 20.8 Å². The lowest BCUT2D eigenvalue weighted by molar-refractivity contribution is -0.145. The number of carbonyl (C=O) groups excluding carboxylic acids is 2. The van der Waals surface area contributed by atoms with Crippen molar-refractivity contribution in [2.75, 3.05) is 13.2 Å². The van der Waals surface area contributed by atoms with Gasteiger partial charge in [0.15, 0.2) is 0 Å². The first-order chi connectivity index (χ1) is 22.5. The van der Waals surface area contributed by atoms with Crippen LogP contribution < -0.4 is 5.73 Å². The van der Waals surface area contributed by atoms with Gasteiger partial charge < -0.3 is 15.2 Å². The maximum Gasteiger partial charge on any atom is 0.305 e. The zero-order chi connectivity index (χ0) is 33.8. The molecule has 0 aliphatic carbocycles. The van der Waals surface area contributed by atoms with Crippen molar-refractivity contribution in [2.24, 2.45) is 11.7 Å².